The highest BCUT2D eigenvalue weighted by Crippen LogP contribution is 2.17. The zero-order valence-corrected chi connectivity index (χ0v) is 12.3. The summed E-state index contributed by atoms with van der Waals surface area (Å²) in [4.78, 5) is 23.5. The number of phenols is 1. The molecule has 0 heterocycles. The fraction of sp³-hybridized carbons (Fsp3) is 0.467. The topological polar surface area (TPSA) is 72.8 Å². The molecule has 0 aliphatic heterocycles. The molecule has 1 atom stereocenters. The first-order valence-electron chi connectivity index (χ1n) is 6.79. The second kappa shape index (κ2) is 7.61. The molecule has 5 nitrogen and oxygen atoms in total. The largest absolute Gasteiger partial charge is 0.508 e. The van der Waals surface area contributed by atoms with Crippen LogP contribution in [0.1, 0.15) is 44.0 Å². The van der Waals surface area contributed by atoms with Crippen LogP contribution in [0.5, 0.6) is 5.75 Å². The van der Waals surface area contributed by atoms with Gasteiger partial charge >= 0.3 is 11.9 Å². The van der Waals surface area contributed by atoms with Gasteiger partial charge in [-0.2, -0.15) is 0 Å². The third-order valence-corrected chi connectivity index (χ3v) is 2.98. The summed E-state index contributed by atoms with van der Waals surface area (Å²) in [5.74, 6) is -2.87. The fourth-order valence-electron chi connectivity index (χ4n) is 1.66. The van der Waals surface area contributed by atoms with Crippen LogP contribution in [0.3, 0.4) is 0 Å². The van der Waals surface area contributed by atoms with Crippen LogP contribution in [0.15, 0.2) is 18.2 Å². The van der Waals surface area contributed by atoms with Gasteiger partial charge in [-0.3, -0.25) is 0 Å². The molecule has 1 N–H and O–H groups in total. The Morgan fingerprint density at radius 1 is 1.24 bits per heavy atom. The normalized spacial score (nSPS) is 12.0. The highest BCUT2D eigenvalue weighted by Gasteiger charge is 2.24. The third-order valence-electron chi connectivity index (χ3n) is 2.98. The minimum atomic E-state index is -1.13. The second-order valence-electron chi connectivity index (χ2n) is 4.59. The van der Waals surface area contributed by atoms with Crippen molar-refractivity contribution in [3.8, 4) is 5.75 Å². The number of carbonyl (C=O) groups is 2. The van der Waals surface area contributed by atoms with Crippen LogP contribution in [-0.4, -0.2) is 29.3 Å². The van der Waals surface area contributed by atoms with E-state index >= 15 is 0 Å². The van der Waals surface area contributed by atoms with Gasteiger partial charge in [0.2, 0.25) is 0 Å². The summed E-state index contributed by atoms with van der Waals surface area (Å²) in [5, 5.41) is 9.08. The maximum Gasteiger partial charge on any atom is 0.347 e. The summed E-state index contributed by atoms with van der Waals surface area (Å²) in [7, 11) is 0. The molecule has 116 valence electrons. The standard InChI is InChI=1S/C15H19FO5/c1-4-11(5-2)21-14(18)9(3)20-15(19)12-7-6-10(17)8-13(12)16/h6-9,11,17H,4-5H2,1-3H3/t9-/m0/s1. The van der Waals surface area contributed by atoms with Gasteiger partial charge in [-0.15, -0.1) is 0 Å². The number of carbonyl (C=O) groups excluding carboxylic acids is 2. The molecule has 0 amide bonds. The van der Waals surface area contributed by atoms with Crippen molar-refractivity contribution in [2.45, 2.75) is 45.8 Å². The molecule has 0 bridgehead atoms. The molecule has 0 aromatic heterocycles. The molecule has 0 aliphatic carbocycles. The Hall–Kier alpha value is -2.11. The lowest BCUT2D eigenvalue weighted by Gasteiger charge is -2.18. The lowest BCUT2D eigenvalue weighted by Crippen LogP contribution is -2.30. The van der Waals surface area contributed by atoms with Crippen molar-refractivity contribution in [1.82, 2.24) is 0 Å². The van der Waals surface area contributed by atoms with E-state index in [1.54, 1.807) is 0 Å². The van der Waals surface area contributed by atoms with E-state index in [0.717, 1.165) is 18.2 Å². The van der Waals surface area contributed by atoms with Crippen molar-refractivity contribution in [2.75, 3.05) is 0 Å². The van der Waals surface area contributed by atoms with Gasteiger partial charge in [0, 0.05) is 6.07 Å². The molecular formula is C15H19FO5. The summed E-state index contributed by atoms with van der Waals surface area (Å²) >= 11 is 0. The monoisotopic (exact) mass is 298 g/mol. The smallest absolute Gasteiger partial charge is 0.347 e. The number of aromatic hydroxyl groups is 1. The molecule has 6 heteroatoms. The van der Waals surface area contributed by atoms with Gasteiger partial charge < -0.3 is 14.6 Å². The lowest BCUT2D eigenvalue weighted by atomic mass is 10.2. The first-order chi connectivity index (χ1) is 9.88. The molecule has 21 heavy (non-hydrogen) atoms. The molecule has 1 aromatic carbocycles. The lowest BCUT2D eigenvalue weighted by molar-refractivity contribution is -0.158. The predicted molar refractivity (Wildman–Crippen MR) is 73.4 cm³/mol. The Balaban J connectivity index is 2.67. The molecular weight excluding hydrogens is 279 g/mol. The maximum atomic E-state index is 13.5. The van der Waals surface area contributed by atoms with Crippen molar-refractivity contribution in [3.63, 3.8) is 0 Å². The molecule has 1 rings (SSSR count). The van der Waals surface area contributed by atoms with Crippen LogP contribution in [-0.2, 0) is 14.3 Å². The van der Waals surface area contributed by atoms with Gasteiger partial charge in [-0.25, -0.2) is 14.0 Å². The van der Waals surface area contributed by atoms with Gasteiger partial charge in [-0.05, 0) is 31.9 Å². The van der Waals surface area contributed by atoms with E-state index in [1.807, 2.05) is 13.8 Å². The molecule has 0 radical (unpaired) electrons. The molecule has 0 fully saturated rings. The molecule has 0 spiro atoms. The van der Waals surface area contributed by atoms with Gasteiger partial charge in [0.25, 0.3) is 0 Å². The van der Waals surface area contributed by atoms with Crippen LogP contribution in [0.25, 0.3) is 0 Å². The number of hydrogen-bond donors (Lipinski definition) is 1. The first kappa shape index (κ1) is 16.9. The van der Waals surface area contributed by atoms with Gasteiger partial charge in [0.1, 0.15) is 17.7 Å². The van der Waals surface area contributed by atoms with Crippen LogP contribution in [0, 0.1) is 5.82 Å². The molecule has 0 unspecified atom stereocenters. The van der Waals surface area contributed by atoms with Crippen molar-refractivity contribution in [3.05, 3.63) is 29.6 Å². The Bertz CT molecular complexity index is 511. The Labute approximate surface area is 122 Å². The number of halogens is 1. The zero-order valence-electron chi connectivity index (χ0n) is 12.3. The fourth-order valence-corrected chi connectivity index (χ4v) is 1.66. The number of ether oxygens (including phenoxy) is 2. The SMILES string of the molecule is CCC(CC)OC(=O)[C@H](C)OC(=O)c1ccc(O)cc1F. The average Bonchev–Trinajstić information content (AvgIpc) is 2.44. The highest BCUT2D eigenvalue weighted by molar-refractivity contribution is 5.91. The maximum absolute atomic E-state index is 13.5. The van der Waals surface area contributed by atoms with E-state index in [9.17, 15) is 14.0 Å². The van der Waals surface area contributed by atoms with Crippen LogP contribution >= 0.6 is 0 Å². The van der Waals surface area contributed by atoms with Crippen molar-refractivity contribution in [1.29, 1.82) is 0 Å². The molecule has 0 aliphatic rings. The van der Waals surface area contributed by atoms with Gasteiger partial charge in [0.15, 0.2) is 6.10 Å². The second-order valence-corrected chi connectivity index (χ2v) is 4.59. The van der Waals surface area contributed by atoms with Gasteiger partial charge in [-0.1, -0.05) is 13.8 Å². The van der Waals surface area contributed by atoms with Gasteiger partial charge in [0.05, 0.1) is 5.56 Å². The van der Waals surface area contributed by atoms with Crippen LogP contribution in [0.4, 0.5) is 4.39 Å². The average molecular weight is 298 g/mol. The summed E-state index contributed by atoms with van der Waals surface area (Å²) in [6.45, 7) is 5.12. The third kappa shape index (κ3) is 4.73. The Morgan fingerprint density at radius 3 is 2.38 bits per heavy atom. The number of benzene rings is 1. The van der Waals surface area contributed by atoms with Crippen LogP contribution in [0.2, 0.25) is 0 Å². The highest BCUT2D eigenvalue weighted by atomic mass is 19.1. The van der Waals surface area contributed by atoms with Crippen molar-refractivity contribution < 1.29 is 28.6 Å². The summed E-state index contributed by atoms with van der Waals surface area (Å²) in [5.41, 5.74) is -0.352. The summed E-state index contributed by atoms with van der Waals surface area (Å²) in [6.07, 6.45) is -0.0410. The molecule has 0 saturated carbocycles. The van der Waals surface area contributed by atoms with Crippen molar-refractivity contribution in [2.24, 2.45) is 0 Å². The quantitative estimate of drug-likeness (QED) is 0.818. The van der Waals surface area contributed by atoms with E-state index in [1.165, 1.54) is 6.92 Å². The Kier molecular flexibility index (Phi) is 6.14. The first-order valence-corrected chi connectivity index (χ1v) is 6.79. The zero-order chi connectivity index (χ0) is 16.0. The Morgan fingerprint density at radius 2 is 1.86 bits per heavy atom. The van der Waals surface area contributed by atoms with Crippen LogP contribution < -0.4 is 0 Å². The number of esters is 2. The van der Waals surface area contributed by atoms with E-state index in [-0.39, 0.29) is 17.4 Å². The molecule has 1 aromatic rings. The minimum absolute atomic E-state index is 0.232. The van der Waals surface area contributed by atoms with Crippen molar-refractivity contribution >= 4 is 11.9 Å². The summed E-state index contributed by atoms with van der Waals surface area (Å²) < 4.78 is 23.5. The number of hydrogen-bond acceptors (Lipinski definition) is 5. The minimum Gasteiger partial charge on any atom is -0.508 e. The predicted octanol–water partition coefficient (Wildman–Crippen LogP) is 2.81. The summed E-state index contributed by atoms with van der Waals surface area (Å²) in [6, 6.07) is 3.04. The number of phenolic OH excluding ortho intramolecular Hbond substituents is 1. The van der Waals surface area contributed by atoms with E-state index in [4.69, 9.17) is 14.6 Å². The van der Waals surface area contributed by atoms with E-state index in [0.29, 0.717) is 12.8 Å². The van der Waals surface area contributed by atoms with E-state index in [2.05, 4.69) is 0 Å². The number of rotatable bonds is 6. The molecule has 0 saturated heterocycles. The van der Waals surface area contributed by atoms with E-state index < -0.39 is 23.9 Å².